The molecule has 5 heteroatoms. The first-order valence-electron chi connectivity index (χ1n) is 15.6. The first kappa shape index (κ1) is 26.2. The number of nitrogens with zero attached hydrogens (tertiary/aromatic N) is 4. The van der Waals surface area contributed by atoms with E-state index in [1.807, 2.05) is 36.0 Å². The van der Waals surface area contributed by atoms with Crippen LogP contribution in [0, 0.1) is 0 Å². The molecule has 5 heterocycles. The minimum Gasteiger partial charge on any atom is -0.256 e. The monoisotopic (exact) mass is 616 g/mol. The standard InChI is InChI=1S/C42H24N4S/c1-3-12-36-33(11-1)38-34(18-17-32-30-10-2-4-13-37(30)47-42(32)38)39(46-36)27-8-5-7-26(23-27)35-19-15-28(24-45-35)29-20-22-44-41-31(29)16-14-25-9-6-21-43-40(25)41/h1-24H. The van der Waals surface area contributed by atoms with E-state index >= 15 is 0 Å². The van der Waals surface area contributed by atoms with Crippen LogP contribution in [0.2, 0.25) is 0 Å². The van der Waals surface area contributed by atoms with Crippen molar-refractivity contribution in [3.8, 4) is 33.6 Å². The largest absolute Gasteiger partial charge is 0.256 e. The van der Waals surface area contributed by atoms with Gasteiger partial charge in [0.15, 0.2) is 0 Å². The van der Waals surface area contributed by atoms with Crippen LogP contribution in [0.25, 0.3) is 97.3 Å². The molecular formula is C42H24N4S. The van der Waals surface area contributed by atoms with Gasteiger partial charge in [-0.05, 0) is 42.0 Å². The lowest BCUT2D eigenvalue weighted by molar-refractivity contribution is 1.32. The number of hydrogen-bond donors (Lipinski definition) is 0. The van der Waals surface area contributed by atoms with Crippen molar-refractivity contribution in [1.82, 2.24) is 19.9 Å². The number of fused-ring (bicyclic) bond motifs is 10. The molecule has 47 heavy (non-hydrogen) atoms. The van der Waals surface area contributed by atoms with Gasteiger partial charge in [0.2, 0.25) is 0 Å². The van der Waals surface area contributed by atoms with Gasteiger partial charge in [-0.15, -0.1) is 11.3 Å². The zero-order valence-corrected chi connectivity index (χ0v) is 25.9. The summed E-state index contributed by atoms with van der Waals surface area (Å²) in [5.74, 6) is 0. The number of rotatable bonds is 3. The normalized spacial score (nSPS) is 11.8. The fraction of sp³-hybridized carbons (Fsp3) is 0. The molecule has 10 aromatic rings. The van der Waals surface area contributed by atoms with Crippen molar-refractivity contribution in [2.24, 2.45) is 0 Å². The Morgan fingerprint density at radius 3 is 2.26 bits per heavy atom. The van der Waals surface area contributed by atoms with Gasteiger partial charge in [0, 0.05) is 82.4 Å². The van der Waals surface area contributed by atoms with Crippen LogP contribution in [-0.4, -0.2) is 19.9 Å². The van der Waals surface area contributed by atoms with Crippen molar-refractivity contribution in [2.75, 3.05) is 0 Å². The van der Waals surface area contributed by atoms with Gasteiger partial charge in [0.1, 0.15) is 0 Å². The highest BCUT2D eigenvalue weighted by atomic mass is 32.1. The number of para-hydroxylation sites is 1. The SMILES string of the molecule is c1cc(-c2ccc(-c3ccnc4c3ccc3cccnc34)cn2)cc(-c2nc3ccccc3c3c2ccc2c4ccccc4sc23)c1. The van der Waals surface area contributed by atoms with Gasteiger partial charge in [0.25, 0.3) is 0 Å². The Morgan fingerprint density at radius 2 is 1.32 bits per heavy atom. The van der Waals surface area contributed by atoms with E-state index in [9.17, 15) is 0 Å². The van der Waals surface area contributed by atoms with Gasteiger partial charge in [-0.3, -0.25) is 15.0 Å². The van der Waals surface area contributed by atoms with Gasteiger partial charge in [-0.1, -0.05) is 91.0 Å². The van der Waals surface area contributed by atoms with Crippen LogP contribution in [-0.2, 0) is 0 Å². The van der Waals surface area contributed by atoms with Crippen molar-refractivity contribution in [3.63, 3.8) is 0 Å². The second kappa shape index (κ2) is 10.2. The maximum Gasteiger partial charge on any atom is 0.0970 e. The summed E-state index contributed by atoms with van der Waals surface area (Å²) in [4.78, 5) is 19.5. The van der Waals surface area contributed by atoms with Crippen LogP contribution in [0.15, 0.2) is 146 Å². The highest BCUT2D eigenvalue weighted by molar-refractivity contribution is 7.26. The summed E-state index contributed by atoms with van der Waals surface area (Å²) in [6.45, 7) is 0. The van der Waals surface area contributed by atoms with Crippen molar-refractivity contribution in [3.05, 3.63) is 146 Å². The van der Waals surface area contributed by atoms with Gasteiger partial charge < -0.3 is 0 Å². The molecule has 0 spiro atoms. The molecule has 4 nitrogen and oxygen atoms in total. The molecule has 10 rings (SSSR count). The number of aromatic nitrogens is 4. The number of benzene rings is 5. The zero-order valence-electron chi connectivity index (χ0n) is 25.1. The highest BCUT2D eigenvalue weighted by Gasteiger charge is 2.17. The smallest absolute Gasteiger partial charge is 0.0970 e. The van der Waals surface area contributed by atoms with E-state index in [0.717, 1.165) is 66.4 Å². The summed E-state index contributed by atoms with van der Waals surface area (Å²) >= 11 is 1.87. The van der Waals surface area contributed by atoms with E-state index in [2.05, 4.69) is 131 Å². The van der Waals surface area contributed by atoms with Crippen LogP contribution < -0.4 is 0 Å². The Labute approximate surface area is 273 Å². The predicted octanol–water partition coefficient (Wildman–Crippen LogP) is 11.2. The molecule has 0 saturated heterocycles. The van der Waals surface area contributed by atoms with Crippen LogP contribution in [0.1, 0.15) is 0 Å². The average Bonchev–Trinajstić information content (AvgIpc) is 3.53. The van der Waals surface area contributed by atoms with Crippen LogP contribution in [0.5, 0.6) is 0 Å². The summed E-state index contributed by atoms with van der Waals surface area (Å²) in [7, 11) is 0. The van der Waals surface area contributed by atoms with Gasteiger partial charge in [-0.25, -0.2) is 4.98 Å². The minimum atomic E-state index is 0.903. The molecule has 0 bridgehead atoms. The summed E-state index contributed by atoms with van der Waals surface area (Å²) < 4.78 is 2.61. The third-order valence-electron chi connectivity index (χ3n) is 9.20. The quantitative estimate of drug-likeness (QED) is 0.185. The third-order valence-corrected chi connectivity index (χ3v) is 10.4. The average molecular weight is 617 g/mol. The van der Waals surface area contributed by atoms with Crippen LogP contribution in [0.3, 0.4) is 0 Å². The molecule has 5 aromatic carbocycles. The van der Waals surface area contributed by atoms with Crippen LogP contribution >= 0.6 is 11.3 Å². The first-order valence-corrected chi connectivity index (χ1v) is 16.4. The Hall–Kier alpha value is -6.04. The number of pyridine rings is 4. The summed E-state index contributed by atoms with van der Waals surface area (Å²) in [6, 6.07) is 44.9. The molecule has 0 aliphatic rings. The molecule has 0 saturated carbocycles. The van der Waals surface area contributed by atoms with Crippen LogP contribution in [0.4, 0.5) is 0 Å². The maximum absolute atomic E-state index is 5.25. The molecule has 0 amide bonds. The molecule has 0 aliphatic carbocycles. The maximum atomic E-state index is 5.25. The zero-order chi connectivity index (χ0) is 30.9. The lowest BCUT2D eigenvalue weighted by Crippen LogP contribution is -1.92. The Balaban J connectivity index is 1.10. The molecule has 0 radical (unpaired) electrons. The lowest BCUT2D eigenvalue weighted by Gasteiger charge is -2.12. The fourth-order valence-corrected chi connectivity index (χ4v) is 8.26. The Morgan fingerprint density at radius 1 is 0.489 bits per heavy atom. The number of thiophene rings is 1. The molecule has 0 unspecified atom stereocenters. The van der Waals surface area contributed by atoms with Crippen molar-refractivity contribution < 1.29 is 0 Å². The van der Waals surface area contributed by atoms with Crippen molar-refractivity contribution in [2.45, 2.75) is 0 Å². The summed E-state index contributed by atoms with van der Waals surface area (Å²) in [6.07, 6.45) is 5.64. The van der Waals surface area contributed by atoms with Crippen molar-refractivity contribution >= 4 is 75.0 Å². The van der Waals surface area contributed by atoms with Gasteiger partial charge >= 0.3 is 0 Å². The minimum absolute atomic E-state index is 0.903. The van der Waals surface area contributed by atoms with Crippen molar-refractivity contribution in [1.29, 1.82) is 0 Å². The molecule has 0 N–H and O–H groups in total. The topological polar surface area (TPSA) is 51.6 Å². The predicted molar refractivity (Wildman–Crippen MR) is 197 cm³/mol. The third kappa shape index (κ3) is 4.07. The summed E-state index contributed by atoms with van der Waals surface area (Å²) in [5, 5.41) is 8.36. The second-order valence-electron chi connectivity index (χ2n) is 11.8. The molecule has 0 atom stereocenters. The molecule has 0 fully saturated rings. The molecule has 218 valence electrons. The molecular weight excluding hydrogens is 593 g/mol. The highest BCUT2D eigenvalue weighted by Crippen LogP contribution is 2.43. The van der Waals surface area contributed by atoms with Gasteiger partial charge in [0.05, 0.1) is 27.9 Å². The fourth-order valence-electron chi connectivity index (χ4n) is 6.99. The van der Waals surface area contributed by atoms with E-state index in [4.69, 9.17) is 9.97 Å². The Kier molecular flexibility index (Phi) is 5.71. The number of hydrogen-bond acceptors (Lipinski definition) is 5. The van der Waals surface area contributed by atoms with E-state index in [1.54, 1.807) is 0 Å². The van der Waals surface area contributed by atoms with E-state index in [0.29, 0.717) is 0 Å². The van der Waals surface area contributed by atoms with E-state index < -0.39 is 0 Å². The van der Waals surface area contributed by atoms with E-state index in [1.165, 1.54) is 30.9 Å². The van der Waals surface area contributed by atoms with E-state index in [-0.39, 0.29) is 0 Å². The second-order valence-corrected chi connectivity index (χ2v) is 12.9. The molecule has 0 aliphatic heterocycles. The summed E-state index contributed by atoms with van der Waals surface area (Å²) in [5.41, 5.74) is 8.98. The lowest BCUT2D eigenvalue weighted by atomic mass is 9.96. The van der Waals surface area contributed by atoms with Gasteiger partial charge in [-0.2, -0.15) is 0 Å². The Bertz CT molecular complexity index is 2850. The first-order chi connectivity index (χ1) is 23.3. The molecule has 5 aromatic heterocycles.